The largest absolute Gasteiger partial charge is 0.337 e. The summed E-state index contributed by atoms with van der Waals surface area (Å²) in [7, 11) is 0. The van der Waals surface area contributed by atoms with E-state index in [1.807, 2.05) is 35.7 Å². The number of carbonyl (C=O) groups is 1. The fourth-order valence-electron chi connectivity index (χ4n) is 2.55. The van der Waals surface area contributed by atoms with Gasteiger partial charge in [-0.05, 0) is 19.1 Å². The van der Waals surface area contributed by atoms with Gasteiger partial charge in [-0.15, -0.1) is 11.3 Å². The van der Waals surface area contributed by atoms with Gasteiger partial charge in [0.25, 0.3) is 5.69 Å². The molecule has 0 atom stereocenters. The lowest BCUT2D eigenvalue weighted by Gasteiger charge is -2.08. The minimum atomic E-state index is -0.448. The van der Waals surface area contributed by atoms with Crippen molar-refractivity contribution in [3.05, 3.63) is 75.3 Å². The molecule has 7 nitrogen and oxygen atoms in total. The van der Waals surface area contributed by atoms with Crippen LogP contribution in [0.15, 0.2) is 53.9 Å². The molecule has 0 bridgehead atoms. The van der Waals surface area contributed by atoms with Gasteiger partial charge in [-0.3, -0.25) is 10.1 Å². The zero-order valence-electron chi connectivity index (χ0n) is 14.6. The summed E-state index contributed by atoms with van der Waals surface area (Å²) in [6.45, 7) is 2.07. The van der Waals surface area contributed by atoms with Crippen molar-refractivity contribution in [1.82, 2.24) is 10.3 Å². The maximum atomic E-state index is 12.0. The van der Waals surface area contributed by atoms with E-state index in [0.29, 0.717) is 24.2 Å². The molecular formula is C19H18N4O3S. The van der Waals surface area contributed by atoms with Crippen molar-refractivity contribution in [3.63, 3.8) is 0 Å². The van der Waals surface area contributed by atoms with Gasteiger partial charge in [0.15, 0.2) is 0 Å². The predicted octanol–water partition coefficient (Wildman–Crippen LogP) is 4.39. The highest BCUT2D eigenvalue weighted by Crippen LogP contribution is 2.23. The Morgan fingerprint density at radius 1 is 1.22 bits per heavy atom. The number of urea groups is 1. The quantitative estimate of drug-likeness (QED) is 0.488. The number of hydrogen-bond acceptors (Lipinski definition) is 5. The van der Waals surface area contributed by atoms with E-state index in [4.69, 9.17) is 0 Å². The van der Waals surface area contributed by atoms with Crippen LogP contribution < -0.4 is 10.6 Å². The molecule has 27 heavy (non-hydrogen) atoms. The Kier molecular flexibility index (Phi) is 5.77. The Labute approximate surface area is 160 Å². The molecule has 2 amide bonds. The lowest BCUT2D eigenvalue weighted by atomic mass is 10.2. The second-order valence-electron chi connectivity index (χ2n) is 5.90. The minimum absolute atomic E-state index is 0.0266. The molecule has 1 heterocycles. The van der Waals surface area contributed by atoms with Crippen LogP contribution in [0.5, 0.6) is 0 Å². The summed E-state index contributed by atoms with van der Waals surface area (Å²) in [6, 6.07) is 14.0. The average Bonchev–Trinajstić information content (AvgIpc) is 3.11. The van der Waals surface area contributed by atoms with E-state index < -0.39 is 4.92 Å². The number of amides is 2. The van der Waals surface area contributed by atoms with Crippen LogP contribution in [0.2, 0.25) is 0 Å². The Hall–Kier alpha value is -3.26. The zero-order chi connectivity index (χ0) is 19.2. The molecule has 138 valence electrons. The number of anilines is 1. The highest BCUT2D eigenvalue weighted by molar-refractivity contribution is 7.13. The minimum Gasteiger partial charge on any atom is -0.337 e. The third-order valence-electron chi connectivity index (χ3n) is 3.89. The normalized spacial score (nSPS) is 10.4. The molecule has 0 unspecified atom stereocenters. The maximum Gasteiger partial charge on any atom is 0.319 e. The van der Waals surface area contributed by atoms with Crippen LogP contribution in [-0.4, -0.2) is 22.5 Å². The van der Waals surface area contributed by atoms with Gasteiger partial charge in [0, 0.05) is 41.2 Å². The first-order valence-corrected chi connectivity index (χ1v) is 9.20. The van der Waals surface area contributed by atoms with Crippen molar-refractivity contribution in [3.8, 4) is 10.6 Å². The SMILES string of the molecule is Cc1cc(NC(=O)NCCc2csc(-c3ccccc3)n2)ccc1[N+](=O)[O-]. The van der Waals surface area contributed by atoms with E-state index >= 15 is 0 Å². The van der Waals surface area contributed by atoms with Gasteiger partial charge < -0.3 is 10.6 Å². The third kappa shape index (κ3) is 4.89. The van der Waals surface area contributed by atoms with E-state index in [9.17, 15) is 14.9 Å². The first kappa shape index (κ1) is 18.5. The van der Waals surface area contributed by atoms with E-state index in [-0.39, 0.29) is 11.7 Å². The van der Waals surface area contributed by atoms with Crippen molar-refractivity contribution < 1.29 is 9.72 Å². The topological polar surface area (TPSA) is 97.2 Å². The fraction of sp³-hybridized carbons (Fsp3) is 0.158. The number of nitrogens with zero attached hydrogens (tertiary/aromatic N) is 2. The molecule has 0 aliphatic rings. The number of aromatic nitrogens is 1. The van der Waals surface area contributed by atoms with Crippen LogP contribution >= 0.6 is 11.3 Å². The summed E-state index contributed by atoms with van der Waals surface area (Å²) in [4.78, 5) is 26.9. The summed E-state index contributed by atoms with van der Waals surface area (Å²) in [5, 5.41) is 19.2. The molecule has 0 radical (unpaired) electrons. The van der Waals surface area contributed by atoms with Gasteiger partial charge >= 0.3 is 6.03 Å². The van der Waals surface area contributed by atoms with Crippen LogP contribution in [0.3, 0.4) is 0 Å². The average molecular weight is 382 g/mol. The molecule has 0 saturated carbocycles. The molecule has 1 aromatic heterocycles. The molecule has 0 spiro atoms. The monoisotopic (exact) mass is 382 g/mol. The van der Waals surface area contributed by atoms with Gasteiger partial charge in [-0.25, -0.2) is 9.78 Å². The summed E-state index contributed by atoms with van der Waals surface area (Å²) in [5.74, 6) is 0. The van der Waals surface area contributed by atoms with Crippen molar-refractivity contribution in [2.45, 2.75) is 13.3 Å². The van der Waals surface area contributed by atoms with Crippen LogP contribution in [0.1, 0.15) is 11.3 Å². The molecule has 3 aromatic rings. The Morgan fingerprint density at radius 3 is 2.70 bits per heavy atom. The number of nitro benzene ring substituents is 1. The van der Waals surface area contributed by atoms with Crippen LogP contribution in [0.25, 0.3) is 10.6 Å². The molecule has 2 N–H and O–H groups in total. The van der Waals surface area contributed by atoms with E-state index in [0.717, 1.165) is 16.3 Å². The lowest BCUT2D eigenvalue weighted by molar-refractivity contribution is -0.385. The Balaban J connectivity index is 1.49. The first-order chi connectivity index (χ1) is 13.0. The number of aryl methyl sites for hydroxylation is 1. The Morgan fingerprint density at radius 2 is 2.00 bits per heavy atom. The second kappa shape index (κ2) is 8.41. The number of rotatable bonds is 6. The number of thiazole rings is 1. The molecule has 3 rings (SSSR count). The van der Waals surface area contributed by atoms with E-state index in [2.05, 4.69) is 15.6 Å². The standard InChI is InChI=1S/C19H18N4O3S/c1-13-11-15(7-8-17(13)23(25)26)22-19(24)20-10-9-16-12-27-18(21-16)14-5-3-2-4-6-14/h2-8,11-12H,9-10H2,1H3,(H2,20,22,24). The highest BCUT2D eigenvalue weighted by Gasteiger charge is 2.11. The summed E-state index contributed by atoms with van der Waals surface area (Å²) in [5.41, 5.74) is 3.03. The van der Waals surface area contributed by atoms with Gasteiger partial charge in [0.2, 0.25) is 0 Å². The molecule has 0 aliphatic carbocycles. The summed E-state index contributed by atoms with van der Waals surface area (Å²) >= 11 is 1.57. The van der Waals surface area contributed by atoms with Gasteiger partial charge in [0.05, 0.1) is 10.6 Å². The molecule has 0 fully saturated rings. The van der Waals surface area contributed by atoms with Crippen molar-refractivity contribution in [1.29, 1.82) is 0 Å². The zero-order valence-corrected chi connectivity index (χ0v) is 15.5. The van der Waals surface area contributed by atoms with Gasteiger partial charge in [-0.2, -0.15) is 0 Å². The lowest BCUT2D eigenvalue weighted by Crippen LogP contribution is -2.30. The van der Waals surface area contributed by atoms with E-state index in [1.54, 1.807) is 24.3 Å². The molecule has 0 aliphatic heterocycles. The second-order valence-corrected chi connectivity index (χ2v) is 6.76. The smallest absolute Gasteiger partial charge is 0.319 e. The first-order valence-electron chi connectivity index (χ1n) is 8.32. The van der Waals surface area contributed by atoms with E-state index in [1.165, 1.54) is 12.1 Å². The van der Waals surface area contributed by atoms with Crippen LogP contribution in [0, 0.1) is 17.0 Å². The Bertz CT molecular complexity index is 957. The van der Waals surface area contributed by atoms with Crippen LogP contribution in [0.4, 0.5) is 16.2 Å². The molecule has 0 saturated heterocycles. The maximum absolute atomic E-state index is 12.0. The van der Waals surface area contributed by atoms with Crippen molar-refractivity contribution in [2.75, 3.05) is 11.9 Å². The fourth-order valence-corrected chi connectivity index (χ4v) is 3.41. The van der Waals surface area contributed by atoms with Gasteiger partial charge in [0.1, 0.15) is 5.01 Å². The highest BCUT2D eigenvalue weighted by atomic mass is 32.1. The predicted molar refractivity (Wildman–Crippen MR) is 106 cm³/mol. The number of benzene rings is 2. The number of hydrogen-bond donors (Lipinski definition) is 2. The summed E-state index contributed by atoms with van der Waals surface area (Å²) < 4.78 is 0. The van der Waals surface area contributed by atoms with Crippen molar-refractivity contribution in [2.24, 2.45) is 0 Å². The molecular weight excluding hydrogens is 364 g/mol. The molecule has 2 aromatic carbocycles. The number of carbonyl (C=O) groups excluding carboxylic acids is 1. The number of nitrogens with one attached hydrogen (secondary N) is 2. The summed E-state index contributed by atoms with van der Waals surface area (Å²) in [6.07, 6.45) is 0.621. The number of nitro groups is 1. The van der Waals surface area contributed by atoms with Crippen molar-refractivity contribution >= 4 is 28.7 Å². The van der Waals surface area contributed by atoms with Crippen LogP contribution in [-0.2, 0) is 6.42 Å². The molecule has 8 heteroatoms. The third-order valence-corrected chi connectivity index (χ3v) is 4.83. The van der Waals surface area contributed by atoms with Gasteiger partial charge in [-0.1, -0.05) is 30.3 Å².